The van der Waals surface area contributed by atoms with E-state index in [0.717, 1.165) is 18.6 Å². The van der Waals surface area contributed by atoms with Crippen LogP contribution in [0.5, 0.6) is 0 Å². The highest BCUT2D eigenvalue weighted by Crippen LogP contribution is 1.99. The number of ether oxygens (including phenoxy) is 1. The second kappa shape index (κ2) is 3.94. The normalized spacial score (nSPS) is 29.9. The third-order valence-electron chi connectivity index (χ3n) is 1.28. The van der Waals surface area contributed by atoms with Crippen molar-refractivity contribution in [1.82, 2.24) is 0 Å². The molecule has 0 unspecified atom stereocenters. The summed E-state index contributed by atoms with van der Waals surface area (Å²) in [4.78, 5) is 0. The molecule has 0 aromatic rings. The molecule has 0 spiro atoms. The fourth-order valence-electron chi connectivity index (χ4n) is 0.748. The summed E-state index contributed by atoms with van der Waals surface area (Å²) >= 11 is 0. The number of rotatable bonds is 0. The van der Waals surface area contributed by atoms with Gasteiger partial charge in [0.15, 0.2) is 0 Å². The molecule has 10 heavy (non-hydrogen) atoms. The van der Waals surface area contributed by atoms with Gasteiger partial charge >= 0.3 is 0 Å². The molecule has 0 amide bonds. The van der Waals surface area contributed by atoms with E-state index in [1.807, 2.05) is 25.2 Å². The fourth-order valence-corrected chi connectivity index (χ4v) is 0.748. The maximum atomic E-state index is 5.20. The highest BCUT2D eigenvalue weighted by molar-refractivity contribution is 5.18. The summed E-state index contributed by atoms with van der Waals surface area (Å²) in [5, 5.41) is 0. The van der Waals surface area contributed by atoms with Crippen molar-refractivity contribution in [2.45, 2.75) is 13.3 Å². The molecule has 0 radical (unpaired) electrons. The van der Waals surface area contributed by atoms with E-state index in [9.17, 15) is 0 Å². The van der Waals surface area contributed by atoms with Gasteiger partial charge in [-0.1, -0.05) is 24.3 Å². The van der Waals surface area contributed by atoms with E-state index in [-0.39, 0.29) is 0 Å². The molecular formula is C9H12O. The Kier molecular flexibility index (Phi) is 2.81. The van der Waals surface area contributed by atoms with Crippen molar-refractivity contribution in [3.05, 3.63) is 36.1 Å². The molecule has 0 saturated heterocycles. The highest BCUT2D eigenvalue weighted by Gasteiger charge is 1.84. The van der Waals surface area contributed by atoms with Crippen molar-refractivity contribution in [1.29, 1.82) is 0 Å². The lowest BCUT2D eigenvalue weighted by Crippen LogP contribution is -1.83. The number of allylic oxidation sites excluding steroid dienone is 4. The van der Waals surface area contributed by atoms with Gasteiger partial charge in [0.1, 0.15) is 0 Å². The van der Waals surface area contributed by atoms with Gasteiger partial charge < -0.3 is 4.74 Å². The highest BCUT2D eigenvalue weighted by atomic mass is 16.5. The first kappa shape index (κ1) is 7.13. The van der Waals surface area contributed by atoms with E-state index in [1.54, 1.807) is 6.26 Å². The lowest BCUT2D eigenvalue weighted by atomic mass is 10.3. The Labute approximate surface area is 61.7 Å². The van der Waals surface area contributed by atoms with Crippen LogP contribution in [0, 0.1) is 0 Å². The van der Waals surface area contributed by atoms with Crippen LogP contribution in [0.15, 0.2) is 36.1 Å². The molecule has 1 nitrogen and oxygen atoms in total. The van der Waals surface area contributed by atoms with Gasteiger partial charge in [0.05, 0.1) is 12.9 Å². The second-order valence-corrected chi connectivity index (χ2v) is 2.31. The van der Waals surface area contributed by atoms with Crippen LogP contribution in [-0.2, 0) is 4.74 Å². The SMILES string of the molecule is CC1=C\OCC/C=C/C=C\1. The summed E-state index contributed by atoms with van der Waals surface area (Å²) in [5.74, 6) is 0. The van der Waals surface area contributed by atoms with Crippen LogP contribution in [0.4, 0.5) is 0 Å². The van der Waals surface area contributed by atoms with E-state index < -0.39 is 0 Å². The second-order valence-electron chi connectivity index (χ2n) is 2.31. The molecule has 1 heterocycles. The molecule has 0 atom stereocenters. The summed E-state index contributed by atoms with van der Waals surface area (Å²) in [6, 6.07) is 0. The average Bonchev–Trinajstić information content (AvgIpc) is 2.02. The predicted molar refractivity (Wildman–Crippen MR) is 42.6 cm³/mol. The lowest BCUT2D eigenvalue weighted by Gasteiger charge is -1.95. The molecule has 0 aromatic carbocycles. The van der Waals surface area contributed by atoms with Crippen LogP contribution in [0.25, 0.3) is 0 Å². The molecule has 1 aliphatic rings. The minimum absolute atomic E-state index is 0.787. The quantitative estimate of drug-likeness (QED) is 0.497. The molecule has 0 aliphatic carbocycles. The van der Waals surface area contributed by atoms with Crippen molar-refractivity contribution >= 4 is 0 Å². The first-order valence-electron chi connectivity index (χ1n) is 3.51. The van der Waals surface area contributed by atoms with Crippen molar-refractivity contribution in [3.63, 3.8) is 0 Å². The van der Waals surface area contributed by atoms with Gasteiger partial charge in [-0.3, -0.25) is 0 Å². The van der Waals surface area contributed by atoms with Crippen LogP contribution < -0.4 is 0 Å². The average molecular weight is 136 g/mol. The lowest BCUT2D eigenvalue weighted by molar-refractivity contribution is 0.254. The maximum absolute atomic E-state index is 5.20. The van der Waals surface area contributed by atoms with Crippen LogP contribution in [-0.4, -0.2) is 6.61 Å². The van der Waals surface area contributed by atoms with E-state index in [1.165, 1.54) is 0 Å². The van der Waals surface area contributed by atoms with E-state index in [2.05, 4.69) is 6.08 Å². The molecule has 1 heteroatoms. The fraction of sp³-hybridized carbons (Fsp3) is 0.333. The summed E-state index contributed by atoms with van der Waals surface area (Å²) in [6.07, 6.45) is 11.0. The Morgan fingerprint density at radius 2 is 2.30 bits per heavy atom. The summed E-state index contributed by atoms with van der Waals surface area (Å²) in [6.45, 7) is 2.81. The zero-order valence-corrected chi connectivity index (χ0v) is 6.21. The van der Waals surface area contributed by atoms with Crippen LogP contribution >= 0.6 is 0 Å². The van der Waals surface area contributed by atoms with Crippen LogP contribution in [0.3, 0.4) is 0 Å². The van der Waals surface area contributed by atoms with Gasteiger partial charge in [-0.25, -0.2) is 0 Å². The molecule has 54 valence electrons. The van der Waals surface area contributed by atoms with E-state index >= 15 is 0 Å². The first-order valence-corrected chi connectivity index (χ1v) is 3.51. The molecular weight excluding hydrogens is 124 g/mol. The van der Waals surface area contributed by atoms with E-state index in [0.29, 0.717) is 0 Å². The Hall–Kier alpha value is -0.980. The van der Waals surface area contributed by atoms with Crippen LogP contribution in [0.1, 0.15) is 13.3 Å². The molecule has 0 N–H and O–H groups in total. The standard InChI is InChI=1S/C9H12O/c1-9-6-4-2-3-5-7-10-8-9/h2-4,6,8H,5,7H2,1H3/b3-2+,6-4-,9-8+. The van der Waals surface area contributed by atoms with Crippen molar-refractivity contribution in [2.24, 2.45) is 0 Å². The Morgan fingerprint density at radius 3 is 3.20 bits per heavy atom. The molecule has 0 fully saturated rings. The van der Waals surface area contributed by atoms with E-state index in [4.69, 9.17) is 4.74 Å². The summed E-state index contributed by atoms with van der Waals surface area (Å²) < 4.78 is 5.20. The molecule has 0 aromatic heterocycles. The first-order chi connectivity index (χ1) is 4.89. The molecule has 0 bridgehead atoms. The molecule has 1 rings (SSSR count). The minimum Gasteiger partial charge on any atom is -0.501 e. The Morgan fingerprint density at radius 1 is 1.40 bits per heavy atom. The molecule has 0 saturated carbocycles. The number of hydrogen-bond acceptors (Lipinski definition) is 1. The Bertz CT molecular complexity index is 175. The smallest absolute Gasteiger partial charge is 0.0907 e. The largest absolute Gasteiger partial charge is 0.501 e. The molecule has 1 aliphatic heterocycles. The zero-order chi connectivity index (χ0) is 7.23. The predicted octanol–water partition coefficient (Wildman–Crippen LogP) is 2.42. The summed E-state index contributed by atoms with van der Waals surface area (Å²) in [5.41, 5.74) is 1.16. The van der Waals surface area contributed by atoms with Crippen molar-refractivity contribution in [3.8, 4) is 0 Å². The monoisotopic (exact) mass is 136 g/mol. The minimum atomic E-state index is 0.787. The van der Waals surface area contributed by atoms with Gasteiger partial charge in [0.25, 0.3) is 0 Å². The zero-order valence-electron chi connectivity index (χ0n) is 6.21. The maximum Gasteiger partial charge on any atom is 0.0907 e. The van der Waals surface area contributed by atoms with Crippen molar-refractivity contribution < 1.29 is 4.74 Å². The third-order valence-corrected chi connectivity index (χ3v) is 1.28. The van der Waals surface area contributed by atoms with Gasteiger partial charge in [-0.05, 0) is 18.9 Å². The third kappa shape index (κ3) is 2.53. The van der Waals surface area contributed by atoms with Gasteiger partial charge in [0, 0.05) is 0 Å². The van der Waals surface area contributed by atoms with Gasteiger partial charge in [-0.2, -0.15) is 0 Å². The topological polar surface area (TPSA) is 9.23 Å². The van der Waals surface area contributed by atoms with Crippen LogP contribution in [0.2, 0.25) is 0 Å². The summed E-state index contributed by atoms with van der Waals surface area (Å²) in [7, 11) is 0. The van der Waals surface area contributed by atoms with Gasteiger partial charge in [-0.15, -0.1) is 0 Å². The number of hydrogen-bond donors (Lipinski definition) is 0. The Balaban J connectivity index is 2.59. The van der Waals surface area contributed by atoms with Gasteiger partial charge in [0.2, 0.25) is 0 Å². The van der Waals surface area contributed by atoms with Crippen molar-refractivity contribution in [2.75, 3.05) is 6.61 Å².